The smallest absolute Gasteiger partial charge is 0.320 e. The maximum Gasteiger partial charge on any atom is 0.320 e. The van der Waals surface area contributed by atoms with Crippen molar-refractivity contribution < 1.29 is 14.8 Å². The molecule has 1 rings (SSSR count). The fourth-order valence-corrected chi connectivity index (χ4v) is 1.09. The standard InChI is InChI=1S/C9H10N2O4/c10-8(9(12)13)5-6-1-3-7(4-2-6)11(14)15/h1-4,8H,5,10H2,(H,12,13)/t8-/m1/s1. The summed E-state index contributed by atoms with van der Waals surface area (Å²) in [4.78, 5) is 20.3. The average molecular weight is 210 g/mol. The number of nitrogens with zero attached hydrogens (tertiary/aromatic N) is 1. The van der Waals surface area contributed by atoms with Crippen LogP contribution < -0.4 is 5.73 Å². The highest BCUT2D eigenvalue weighted by Crippen LogP contribution is 2.12. The number of nitro benzene ring substituents is 1. The van der Waals surface area contributed by atoms with Crippen LogP contribution in [0, 0.1) is 10.1 Å². The molecular weight excluding hydrogens is 200 g/mol. The van der Waals surface area contributed by atoms with Crippen LogP contribution in [0.2, 0.25) is 0 Å². The van der Waals surface area contributed by atoms with E-state index in [4.69, 9.17) is 10.8 Å². The SMILES string of the molecule is N[C@H](Cc1ccc([N+](=O)[O-])cc1)C(=O)O. The molecule has 0 saturated carbocycles. The molecule has 0 aliphatic carbocycles. The van der Waals surface area contributed by atoms with E-state index in [9.17, 15) is 14.9 Å². The molecular formula is C9H10N2O4. The molecule has 0 aliphatic rings. The van der Waals surface area contributed by atoms with Gasteiger partial charge in [0.15, 0.2) is 0 Å². The van der Waals surface area contributed by atoms with E-state index in [0.29, 0.717) is 5.56 Å². The molecule has 80 valence electrons. The minimum Gasteiger partial charge on any atom is -0.480 e. The van der Waals surface area contributed by atoms with E-state index in [2.05, 4.69) is 0 Å². The highest BCUT2D eigenvalue weighted by molar-refractivity contribution is 5.73. The number of carbonyl (C=O) groups is 1. The summed E-state index contributed by atoms with van der Waals surface area (Å²) in [6, 6.07) is 4.67. The largest absolute Gasteiger partial charge is 0.480 e. The Hall–Kier alpha value is -1.95. The summed E-state index contributed by atoms with van der Waals surface area (Å²) < 4.78 is 0. The van der Waals surface area contributed by atoms with Gasteiger partial charge in [-0.3, -0.25) is 14.9 Å². The van der Waals surface area contributed by atoms with Crippen molar-refractivity contribution in [1.82, 2.24) is 0 Å². The second-order valence-electron chi connectivity index (χ2n) is 3.07. The number of aliphatic carboxylic acids is 1. The molecule has 15 heavy (non-hydrogen) atoms. The van der Waals surface area contributed by atoms with E-state index in [1.54, 1.807) is 0 Å². The van der Waals surface area contributed by atoms with Crippen molar-refractivity contribution in [2.75, 3.05) is 0 Å². The summed E-state index contributed by atoms with van der Waals surface area (Å²) in [6.07, 6.45) is 0.160. The monoisotopic (exact) mass is 210 g/mol. The Bertz CT molecular complexity index is 374. The molecule has 0 amide bonds. The van der Waals surface area contributed by atoms with Crippen molar-refractivity contribution in [3.8, 4) is 0 Å². The molecule has 0 saturated heterocycles. The number of nitrogens with two attached hydrogens (primary N) is 1. The van der Waals surface area contributed by atoms with Crippen molar-refractivity contribution >= 4 is 11.7 Å². The van der Waals surface area contributed by atoms with Crippen LogP contribution in [0.1, 0.15) is 5.56 Å². The molecule has 3 N–H and O–H groups in total. The maximum absolute atomic E-state index is 10.4. The summed E-state index contributed by atoms with van der Waals surface area (Å²) in [6.45, 7) is 0. The number of benzene rings is 1. The molecule has 0 unspecified atom stereocenters. The molecule has 0 heterocycles. The number of carboxylic acid groups (broad SMARTS) is 1. The lowest BCUT2D eigenvalue weighted by atomic mass is 10.1. The van der Waals surface area contributed by atoms with Crippen molar-refractivity contribution in [2.45, 2.75) is 12.5 Å². The number of non-ortho nitro benzene ring substituents is 1. The molecule has 6 heteroatoms. The summed E-state index contributed by atoms with van der Waals surface area (Å²) >= 11 is 0. The van der Waals surface area contributed by atoms with Crippen molar-refractivity contribution in [3.63, 3.8) is 0 Å². The van der Waals surface area contributed by atoms with Crippen molar-refractivity contribution in [2.24, 2.45) is 5.73 Å². The first-order chi connectivity index (χ1) is 7.00. The van der Waals surface area contributed by atoms with Gasteiger partial charge in [-0.2, -0.15) is 0 Å². The first kappa shape index (κ1) is 11.1. The predicted molar refractivity (Wildman–Crippen MR) is 52.4 cm³/mol. The number of carboxylic acids is 1. The van der Waals surface area contributed by atoms with E-state index in [1.807, 2.05) is 0 Å². The number of hydrogen-bond donors (Lipinski definition) is 2. The molecule has 1 atom stereocenters. The van der Waals surface area contributed by atoms with Crippen LogP contribution in [-0.2, 0) is 11.2 Å². The molecule has 1 aromatic carbocycles. The molecule has 1 aromatic rings. The van der Waals surface area contributed by atoms with Crippen LogP contribution in [0.25, 0.3) is 0 Å². The first-order valence-corrected chi connectivity index (χ1v) is 4.22. The molecule has 0 aliphatic heterocycles. The van der Waals surface area contributed by atoms with E-state index >= 15 is 0 Å². The first-order valence-electron chi connectivity index (χ1n) is 4.22. The zero-order valence-electron chi connectivity index (χ0n) is 7.79. The van der Waals surface area contributed by atoms with Gasteiger partial charge in [0, 0.05) is 12.1 Å². The van der Waals surface area contributed by atoms with E-state index in [0.717, 1.165) is 0 Å². The van der Waals surface area contributed by atoms with Crippen LogP contribution in [0.5, 0.6) is 0 Å². The lowest BCUT2D eigenvalue weighted by Gasteiger charge is -2.05. The molecule has 0 radical (unpaired) electrons. The normalized spacial score (nSPS) is 12.1. The Balaban J connectivity index is 2.72. The van der Waals surface area contributed by atoms with Gasteiger partial charge in [0.05, 0.1) is 4.92 Å². The Morgan fingerprint density at radius 3 is 2.40 bits per heavy atom. The van der Waals surface area contributed by atoms with Gasteiger partial charge in [-0.15, -0.1) is 0 Å². The number of nitro groups is 1. The second kappa shape index (κ2) is 4.52. The second-order valence-corrected chi connectivity index (χ2v) is 3.07. The van der Waals surface area contributed by atoms with Gasteiger partial charge < -0.3 is 10.8 Å². The topological polar surface area (TPSA) is 106 Å². The molecule has 0 bridgehead atoms. The van der Waals surface area contributed by atoms with Gasteiger partial charge in [-0.1, -0.05) is 12.1 Å². The van der Waals surface area contributed by atoms with E-state index in [1.165, 1.54) is 24.3 Å². The van der Waals surface area contributed by atoms with Crippen LogP contribution in [0.4, 0.5) is 5.69 Å². The third-order valence-electron chi connectivity index (χ3n) is 1.92. The van der Waals surface area contributed by atoms with Crippen LogP contribution in [-0.4, -0.2) is 22.0 Å². The maximum atomic E-state index is 10.4. The summed E-state index contributed by atoms with van der Waals surface area (Å²) in [5.74, 6) is -1.09. The van der Waals surface area contributed by atoms with E-state index in [-0.39, 0.29) is 12.1 Å². The van der Waals surface area contributed by atoms with Crippen molar-refractivity contribution in [3.05, 3.63) is 39.9 Å². The fourth-order valence-electron chi connectivity index (χ4n) is 1.09. The molecule has 0 aromatic heterocycles. The number of hydrogen-bond acceptors (Lipinski definition) is 4. The van der Waals surface area contributed by atoms with Gasteiger partial charge in [0.25, 0.3) is 5.69 Å². The highest BCUT2D eigenvalue weighted by atomic mass is 16.6. The minimum absolute atomic E-state index is 0.0253. The summed E-state index contributed by atoms with van der Waals surface area (Å²) in [7, 11) is 0. The van der Waals surface area contributed by atoms with Gasteiger partial charge in [0.2, 0.25) is 0 Å². The molecule has 0 fully saturated rings. The van der Waals surface area contributed by atoms with E-state index < -0.39 is 16.9 Å². The summed E-state index contributed by atoms with van der Waals surface area (Å²) in [5.41, 5.74) is 5.95. The fraction of sp³-hybridized carbons (Fsp3) is 0.222. The van der Waals surface area contributed by atoms with Crippen LogP contribution in [0.15, 0.2) is 24.3 Å². The number of rotatable bonds is 4. The summed E-state index contributed by atoms with van der Waals surface area (Å²) in [5, 5.41) is 18.9. The molecule has 0 spiro atoms. The third-order valence-corrected chi connectivity index (χ3v) is 1.92. The highest BCUT2D eigenvalue weighted by Gasteiger charge is 2.12. The van der Waals surface area contributed by atoms with Gasteiger partial charge in [-0.05, 0) is 12.0 Å². The van der Waals surface area contributed by atoms with Crippen molar-refractivity contribution in [1.29, 1.82) is 0 Å². The third kappa shape index (κ3) is 3.03. The van der Waals surface area contributed by atoms with Gasteiger partial charge in [0.1, 0.15) is 6.04 Å². The van der Waals surface area contributed by atoms with Crippen LogP contribution >= 0.6 is 0 Å². The Morgan fingerprint density at radius 2 is 2.00 bits per heavy atom. The Labute approximate surface area is 85.5 Å². The lowest BCUT2D eigenvalue weighted by molar-refractivity contribution is -0.384. The Morgan fingerprint density at radius 1 is 1.47 bits per heavy atom. The average Bonchev–Trinajstić information content (AvgIpc) is 2.18. The van der Waals surface area contributed by atoms with Crippen LogP contribution in [0.3, 0.4) is 0 Å². The Kier molecular flexibility index (Phi) is 3.35. The predicted octanol–water partition coefficient (Wildman–Crippen LogP) is 0.549. The lowest BCUT2D eigenvalue weighted by Crippen LogP contribution is -2.32. The van der Waals surface area contributed by atoms with Gasteiger partial charge in [-0.25, -0.2) is 0 Å². The quantitative estimate of drug-likeness (QED) is 0.557. The zero-order valence-corrected chi connectivity index (χ0v) is 7.79. The van der Waals surface area contributed by atoms with Gasteiger partial charge >= 0.3 is 5.97 Å². The minimum atomic E-state index is -1.09. The molecule has 6 nitrogen and oxygen atoms in total. The zero-order chi connectivity index (χ0) is 11.4.